The Hall–Kier alpha value is -1.63. The Labute approximate surface area is 162 Å². The SMILES string of the molecule is C=CCOC(=O)C1=C[C@@H](c2ccc(Br)cc2)[C@@H](CCCO)[C@@H](OCC)O1. The van der Waals surface area contributed by atoms with E-state index in [2.05, 4.69) is 22.5 Å². The highest BCUT2D eigenvalue weighted by Gasteiger charge is 2.38. The van der Waals surface area contributed by atoms with E-state index in [1.165, 1.54) is 6.08 Å². The summed E-state index contributed by atoms with van der Waals surface area (Å²) in [6.07, 6.45) is 4.09. The van der Waals surface area contributed by atoms with Crippen molar-refractivity contribution in [2.75, 3.05) is 19.8 Å². The number of ether oxygens (including phenoxy) is 3. The van der Waals surface area contributed by atoms with Gasteiger partial charge in [-0.25, -0.2) is 4.79 Å². The number of carbonyl (C=O) groups excluding carboxylic acids is 1. The Bertz CT molecular complexity index is 626. The second kappa shape index (κ2) is 10.5. The molecule has 0 bridgehead atoms. The van der Waals surface area contributed by atoms with Gasteiger partial charge < -0.3 is 19.3 Å². The maximum Gasteiger partial charge on any atom is 0.373 e. The average Bonchev–Trinajstić information content (AvgIpc) is 2.65. The number of aliphatic hydroxyl groups is 1. The lowest BCUT2D eigenvalue weighted by Crippen LogP contribution is -2.36. The van der Waals surface area contributed by atoms with Crippen molar-refractivity contribution < 1.29 is 24.1 Å². The molecule has 26 heavy (non-hydrogen) atoms. The van der Waals surface area contributed by atoms with Crippen molar-refractivity contribution in [2.24, 2.45) is 5.92 Å². The van der Waals surface area contributed by atoms with Crippen molar-refractivity contribution in [3.63, 3.8) is 0 Å². The van der Waals surface area contributed by atoms with Crippen LogP contribution in [0.5, 0.6) is 0 Å². The van der Waals surface area contributed by atoms with Gasteiger partial charge >= 0.3 is 5.97 Å². The highest BCUT2D eigenvalue weighted by molar-refractivity contribution is 9.10. The fourth-order valence-electron chi connectivity index (χ4n) is 3.02. The van der Waals surface area contributed by atoms with E-state index < -0.39 is 12.3 Å². The van der Waals surface area contributed by atoms with Crippen LogP contribution in [0.4, 0.5) is 0 Å². The predicted molar refractivity (Wildman–Crippen MR) is 102 cm³/mol. The summed E-state index contributed by atoms with van der Waals surface area (Å²) in [5.74, 6) is -0.471. The zero-order valence-corrected chi connectivity index (χ0v) is 16.5. The minimum absolute atomic E-state index is 0.0146. The van der Waals surface area contributed by atoms with Gasteiger partial charge in [-0.05, 0) is 43.5 Å². The molecule has 1 N–H and O–H groups in total. The lowest BCUT2D eigenvalue weighted by Gasteiger charge is -2.36. The van der Waals surface area contributed by atoms with Gasteiger partial charge in [0.25, 0.3) is 0 Å². The van der Waals surface area contributed by atoms with Crippen molar-refractivity contribution in [1.82, 2.24) is 0 Å². The molecule has 1 aliphatic rings. The molecule has 1 aliphatic heterocycles. The molecule has 1 heterocycles. The van der Waals surface area contributed by atoms with Gasteiger partial charge in [0.15, 0.2) is 0 Å². The summed E-state index contributed by atoms with van der Waals surface area (Å²) in [7, 11) is 0. The summed E-state index contributed by atoms with van der Waals surface area (Å²) in [6, 6.07) is 7.96. The fourth-order valence-corrected chi connectivity index (χ4v) is 3.29. The first kappa shape index (κ1) is 20.7. The molecule has 0 spiro atoms. The number of halogens is 1. The largest absolute Gasteiger partial charge is 0.457 e. The number of hydrogen-bond acceptors (Lipinski definition) is 5. The van der Waals surface area contributed by atoms with E-state index in [1.807, 2.05) is 31.2 Å². The molecular formula is C20H25BrO5. The van der Waals surface area contributed by atoms with Crippen molar-refractivity contribution >= 4 is 21.9 Å². The number of benzene rings is 1. The molecular weight excluding hydrogens is 400 g/mol. The lowest BCUT2D eigenvalue weighted by molar-refractivity contribution is -0.175. The van der Waals surface area contributed by atoms with Crippen LogP contribution in [0.1, 0.15) is 31.2 Å². The first-order valence-corrected chi connectivity index (χ1v) is 9.54. The van der Waals surface area contributed by atoms with Crippen LogP contribution in [-0.4, -0.2) is 37.2 Å². The maximum atomic E-state index is 12.3. The Morgan fingerprint density at radius 3 is 2.73 bits per heavy atom. The highest BCUT2D eigenvalue weighted by Crippen LogP contribution is 2.39. The molecule has 0 aliphatic carbocycles. The van der Waals surface area contributed by atoms with Gasteiger partial charge in [-0.1, -0.05) is 40.7 Å². The zero-order chi connectivity index (χ0) is 18.9. The van der Waals surface area contributed by atoms with Gasteiger partial charge in [-0.15, -0.1) is 0 Å². The number of rotatable bonds is 9. The minimum Gasteiger partial charge on any atom is -0.457 e. The van der Waals surface area contributed by atoms with Crippen molar-refractivity contribution in [1.29, 1.82) is 0 Å². The number of carbonyl (C=O) groups is 1. The normalized spacial score (nSPS) is 22.3. The summed E-state index contributed by atoms with van der Waals surface area (Å²) >= 11 is 3.45. The Kier molecular flexibility index (Phi) is 8.35. The average molecular weight is 425 g/mol. The number of esters is 1. The standard InChI is InChI=1S/C20H25BrO5/c1-3-12-25-19(23)18-13-17(14-7-9-15(21)10-8-14)16(6-5-11-22)20(26-18)24-4-2/h3,7-10,13,16-17,20,22H,1,4-6,11-12H2,2H3/t16-,17+,20+/m1/s1. The van der Waals surface area contributed by atoms with E-state index in [1.54, 1.807) is 6.08 Å². The van der Waals surface area contributed by atoms with Crippen LogP contribution in [-0.2, 0) is 19.0 Å². The van der Waals surface area contributed by atoms with E-state index in [0.717, 1.165) is 10.0 Å². The molecule has 1 aromatic rings. The van der Waals surface area contributed by atoms with E-state index >= 15 is 0 Å². The van der Waals surface area contributed by atoms with Crippen molar-refractivity contribution in [2.45, 2.75) is 32.0 Å². The van der Waals surface area contributed by atoms with Gasteiger partial charge in [-0.3, -0.25) is 0 Å². The molecule has 0 saturated heterocycles. The van der Waals surface area contributed by atoms with Crippen LogP contribution in [0.15, 0.2) is 53.2 Å². The molecule has 6 heteroatoms. The second-order valence-corrected chi connectivity index (χ2v) is 6.88. The molecule has 0 radical (unpaired) electrons. The van der Waals surface area contributed by atoms with Crippen LogP contribution >= 0.6 is 15.9 Å². The number of hydrogen-bond donors (Lipinski definition) is 1. The second-order valence-electron chi connectivity index (χ2n) is 5.97. The van der Waals surface area contributed by atoms with Crippen LogP contribution in [0, 0.1) is 5.92 Å². The van der Waals surface area contributed by atoms with Crippen LogP contribution in [0.25, 0.3) is 0 Å². The first-order valence-electron chi connectivity index (χ1n) is 8.75. The maximum absolute atomic E-state index is 12.3. The third-order valence-electron chi connectivity index (χ3n) is 4.20. The summed E-state index contributed by atoms with van der Waals surface area (Å²) < 4.78 is 17.7. The number of aliphatic hydroxyl groups excluding tert-OH is 1. The monoisotopic (exact) mass is 424 g/mol. The quantitative estimate of drug-likeness (QED) is 0.480. The van der Waals surface area contributed by atoms with E-state index in [4.69, 9.17) is 14.2 Å². The number of allylic oxidation sites excluding steroid dienone is 1. The molecule has 1 aromatic carbocycles. The molecule has 5 nitrogen and oxygen atoms in total. The van der Waals surface area contributed by atoms with Crippen LogP contribution < -0.4 is 0 Å². The Morgan fingerprint density at radius 1 is 1.38 bits per heavy atom. The fraction of sp³-hybridized carbons (Fsp3) is 0.450. The van der Waals surface area contributed by atoms with Gasteiger partial charge in [0.1, 0.15) is 6.61 Å². The van der Waals surface area contributed by atoms with Gasteiger partial charge in [0.05, 0.1) is 0 Å². The zero-order valence-electron chi connectivity index (χ0n) is 14.9. The van der Waals surface area contributed by atoms with Gasteiger partial charge in [0.2, 0.25) is 12.0 Å². The van der Waals surface area contributed by atoms with E-state index in [-0.39, 0.29) is 30.8 Å². The Balaban J connectivity index is 2.36. The molecule has 0 fully saturated rings. The van der Waals surface area contributed by atoms with Crippen LogP contribution in [0.2, 0.25) is 0 Å². The summed E-state index contributed by atoms with van der Waals surface area (Å²) in [4.78, 5) is 12.3. The predicted octanol–water partition coefficient (Wildman–Crippen LogP) is 3.93. The third kappa shape index (κ3) is 5.43. The van der Waals surface area contributed by atoms with Crippen molar-refractivity contribution in [3.05, 3.63) is 58.8 Å². The van der Waals surface area contributed by atoms with E-state index in [0.29, 0.717) is 19.4 Å². The van der Waals surface area contributed by atoms with E-state index in [9.17, 15) is 9.90 Å². The molecule has 0 unspecified atom stereocenters. The van der Waals surface area contributed by atoms with Gasteiger partial charge in [-0.2, -0.15) is 0 Å². The lowest BCUT2D eigenvalue weighted by atomic mass is 9.80. The molecule has 0 saturated carbocycles. The molecule has 0 aromatic heterocycles. The highest BCUT2D eigenvalue weighted by atomic mass is 79.9. The first-order chi connectivity index (χ1) is 12.6. The van der Waals surface area contributed by atoms with Crippen molar-refractivity contribution in [3.8, 4) is 0 Å². The minimum atomic E-state index is -0.573. The molecule has 3 atom stereocenters. The summed E-state index contributed by atoms with van der Waals surface area (Å²) in [5.41, 5.74) is 1.05. The Morgan fingerprint density at radius 2 is 2.12 bits per heavy atom. The summed E-state index contributed by atoms with van der Waals surface area (Å²) in [6.45, 7) is 6.11. The molecule has 2 rings (SSSR count). The van der Waals surface area contributed by atoms with Gasteiger partial charge in [0, 0.05) is 29.5 Å². The third-order valence-corrected chi connectivity index (χ3v) is 4.73. The summed E-state index contributed by atoms with van der Waals surface area (Å²) in [5, 5.41) is 9.26. The topological polar surface area (TPSA) is 65.0 Å². The van der Waals surface area contributed by atoms with Crippen LogP contribution in [0.3, 0.4) is 0 Å². The molecule has 142 valence electrons. The molecule has 0 amide bonds. The smallest absolute Gasteiger partial charge is 0.373 e.